The standard InChI is InChI=1S/C20H19ClN2O2S/c1-24-18-5-2-4-17(12-18)22-20(26)23(14-19-6-3-11-25-19)13-15-7-9-16(21)10-8-15/h2-12H,13-14H2,1H3,(H,22,26). The molecule has 1 aromatic heterocycles. The Morgan fingerprint density at radius 3 is 2.62 bits per heavy atom. The molecule has 2 aromatic carbocycles. The van der Waals surface area contributed by atoms with Gasteiger partial charge < -0.3 is 19.4 Å². The van der Waals surface area contributed by atoms with Crippen LogP contribution in [0, 0.1) is 0 Å². The Morgan fingerprint density at radius 1 is 1.12 bits per heavy atom. The molecule has 0 amide bonds. The molecule has 3 aromatic rings. The van der Waals surface area contributed by atoms with Crippen LogP contribution >= 0.6 is 23.8 Å². The minimum Gasteiger partial charge on any atom is -0.497 e. The van der Waals surface area contributed by atoms with Crippen molar-refractivity contribution in [2.24, 2.45) is 0 Å². The minimum atomic E-state index is 0.561. The van der Waals surface area contributed by atoms with Gasteiger partial charge in [-0.05, 0) is 54.2 Å². The van der Waals surface area contributed by atoms with Gasteiger partial charge in [-0.15, -0.1) is 0 Å². The highest BCUT2D eigenvalue weighted by atomic mass is 35.5. The number of benzene rings is 2. The summed E-state index contributed by atoms with van der Waals surface area (Å²) in [5.74, 6) is 1.61. The summed E-state index contributed by atoms with van der Waals surface area (Å²) in [5, 5.41) is 4.58. The van der Waals surface area contributed by atoms with E-state index in [1.54, 1.807) is 13.4 Å². The Balaban J connectivity index is 1.76. The van der Waals surface area contributed by atoms with E-state index in [0.29, 0.717) is 23.2 Å². The average Bonchev–Trinajstić information content (AvgIpc) is 3.16. The molecule has 134 valence electrons. The molecule has 0 aliphatic heterocycles. The molecule has 6 heteroatoms. The number of methoxy groups -OCH3 is 1. The molecule has 1 N–H and O–H groups in total. The predicted octanol–water partition coefficient (Wildman–Crippen LogP) is 5.34. The second-order valence-electron chi connectivity index (χ2n) is 5.72. The van der Waals surface area contributed by atoms with Crippen LogP contribution in [-0.2, 0) is 13.1 Å². The summed E-state index contributed by atoms with van der Waals surface area (Å²) in [7, 11) is 1.64. The largest absolute Gasteiger partial charge is 0.497 e. The molecule has 1 heterocycles. The van der Waals surface area contributed by atoms with Crippen LogP contribution in [0.4, 0.5) is 5.69 Å². The van der Waals surface area contributed by atoms with E-state index >= 15 is 0 Å². The number of nitrogens with zero attached hydrogens (tertiary/aromatic N) is 1. The smallest absolute Gasteiger partial charge is 0.174 e. The minimum absolute atomic E-state index is 0.561. The van der Waals surface area contributed by atoms with Gasteiger partial charge in [0.15, 0.2) is 5.11 Å². The van der Waals surface area contributed by atoms with E-state index in [9.17, 15) is 0 Å². The van der Waals surface area contributed by atoms with Gasteiger partial charge in [0.25, 0.3) is 0 Å². The van der Waals surface area contributed by atoms with E-state index in [-0.39, 0.29) is 0 Å². The number of thiocarbonyl (C=S) groups is 1. The maximum Gasteiger partial charge on any atom is 0.174 e. The molecule has 0 saturated heterocycles. The van der Waals surface area contributed by atoms with Crippen molar-refractivity contribution >= 4 is 34.6 Å². The van der Waals surface area contributed by atoms with Gasteiger partial charge in [0.2, 0.25) is 0 Å². The number of anilines is 1. The lowest BCUT2D eigenvalue weighted by Gasteiger charge is -2.25. The summed E-state index contributed by atoms with van der Waals surface area (Å²) in [6.07, 6.45) is 1.66. The summed E-state index contributed by atoms with van der Waals surface area (Å²) >= 11 is 11.6. The molecular formula is C20H19ClN2O2S. The van der Waals surface area contributed by atoms with Crippen molar-refractivity contribution < 1.29 is 9.15 Å². The molecular weight excluding hydrogens is 368 g/mol. The van der Waals surface area contributed by atoms with E-state index in [0.717, 1.165) is 22.8 Å². The number of nitrogens with one attached hydrogen (secondary N) is 1. The molecule has 4 nitrogen and oxygen atoms in total. The Hall–Kier alpha value is -2.50. The number of hydrogen-bond donors (Lipinski definition) is 1. The van der Waals surface area contributed by atoms with Crippen molar-refractivity contribution in [1.82, 2.24) is 4.90 Å². The lowest BCUT2D eigenvalue weighted by Crippen LogP contribution is -2.33. The number of ether oxygens (including phenoxy) is 1. The molecule has 0 atom stereocenters. The fourth-order valence-electron chi connectivity index (χ4n) is 2.50. The maximum atomic E-state index is 5.98. The fourth-order valence-corrected chi connectivity index (χ4v) is 2.88. The first kappa shape index (κ1) is 18.3. The van der Waals surface area contributed by atoms with Crippen LogP contribution in [0.25, 0.3) is 0 Å². The molecule has 0 radical (unpaired) electrons. The third-order valence-electron chi connectivity index (χ3n) is 3.82. The molecule has 0 aliphatic rings. The van der Waals surface area contributed by atoms with Crippen LogP contribution in [0.5, 0.6) is 5.75 Å². The molecule has 0 spiro atoms. The van der Waals surface area contributed by atoms with E-state index < -0.39 is 0 Å². The van der Waals surface area contributed by atoms with Crippen molar-refractivity contribution in [2.75, 3.05) is 12.4 Å². The zero-order valence-electron chi connectivity index (χ0n) is 14.3. The highest BCUT2D eigenvalue weighted by molar-refractivity contribution is 7.80. The first-order valence-electron chi connectivity index (χ1n) is 8.11. The molecule has 26 heavy (non-hydrogen) atoms. The number of halogens is 1. The van der Waals surface area contributed by atoms with Crippen LogP contribution in [0.1, 0.15) is 11.3 Å². The highest BCUT2D eigenvalue weighted by Crippen LogP contribution is 2.19. The Bertz CT molecular complexity index is 851. The van der Waals surface area contributed by atoms with Gasteiger partial charge in [0.05, 0.1) is 19.9 Å². The SMILES string of the molecule is COc1cccc(NC(=S)N(Cc2ccc(Cl)cc2)Cc2ccco2)c1. The lowest BCUT2D eigenvalue weighted by molar-refractivity contribution is 0.360. The summed E-state index contributed by atoms with van der Waals surface area (Å²) in [5.41, 5.74) is 1.98. The first-order valence-corrected chi connectivity index (χ1v) is 8.89. The Morgan fingerprint density at radius 2 is 1.92 bits per heavy atom. The second-order valence-corrected chi connectivity index (χ2v) is 6.55. The third kappa shape index (κ3) is 5.00. The topological polar surface area (TPSA) is 37.6 Å². The third-order valence-corrected chi connectivity index (χ3v) is 4.43. The first-order chi connectivity index (χ1) is 12.6. The van der Waals surface area contributed by atoms with Crippen molar-refractivity contribution in [3.8, 4) is 5.75 Å². The van der Waals surface area contributed by atoms with Gasteiger partial charge >= 0.3 is 0 Å². The van der Waals surface area contributed by atoms with Crippen LogP contribution in [0.15, 0.2) is 71.3 Å². The van der Waals surface area contributed by atoms with Crippen LogP contribution < -0.4 is 10.1 Å². The second kappa shape index (κ2) is 8.74. The predicted molar refractivity (Wildman–Crippen MR) is 109 cm³/mol. The summed E-state index contributed by atoms with van der Waals surface area (Å²) in [4.78, 5) is 2.04. The molecule has 0 bridgehead atoms. The van der Waals surface area contributed by atoms with Gasteiger partial charge in [0, 0.05) is 23.3 Å². The van der Waals surface area contributed by atoms with E-state index in [2.05, 4.69) is 5.32 Å². The zero-order valence-corrected chi connectivity index (χ0v) is 15.9. The maximum absolute atomic E-state index is 5.98. The van der Waals surface area contributed by atoms with Crippen LogP contribution in [0.2, 0.25) is 5.02 Å². The highest BCUT2D eigenvalue weighted by Gasteiger charge is 2.13. The van der Waals surface area contributed by atoms with Gasteiger partial charge in [-0.25, -0.2) is 0 Å². The van der Waals surface area contributed by atoms with Crippen LogP contribution in [-0.4, -0.2) is 17.1 Å². The molecule has 0 saturated carbocycles. The normalized spacial score (nSPS) is 10.4. The number of rotatable bonds is 6. The van der Waals surface area contributed by atoms with E-state index in [1.807, 2.05) is 65.6 Å². The number of hydrogen-bond acceptors (Lipinski definition) is 3. The molecule has 0 unspecified atom stereocenters. The quantitative estimate of drug-likeness (QED) is 0.579. The van der Waals surface area contributed by atoms with E-state index in [4.69, 9.17) is 33.0 Å². The van der Waals surface area contributed by atoms with E-state index in [1.165, 1.54) is 0 Å². The zero-order chi connectivity index (χ0) is 18.4. The fraction of sp³-hybridized carbons (Fsp3) is 0.150. The molecule has 0 aliphatic carbocycles. The average molecular weight is 387 g/mol. The van der Waals surface area contributed by atoms with Crippen LogP contribution in [0.3, 0.4) is 0 Å². The van der Waals surface area contributed by atoms with Gasteiger partial charge in [-0.1, -0.05) is 29.8 Å². The number of furan rings is 1. The van der Waals surface area contributed by atoms with Crippen molar-refractivity contribution in [3.05, 3.63) is 83.3 Å². The van der Waals surface area contributed by atoms with Gasteiger partial charge in [-0.3, -0.25) is 0 Å². The van der Waals surface area contributed by atoms with Crippen molar-refractivity contribution in [3.63, 3.8) is 0 Å². The summed E-state index contributed by atoms with van der Waals surface area (Å²) in [6, 6.07) is 19.2. The van der Waals surface area contributed by atoms with Gasteiger partial charge in [0.1, 0.15) is 11.5 Å². The van der Waals surface area contributed by atoms with Crippen molar-refractivity contribution in [2.45, 2.75) is 13.1 Å². The Labute approximate surface area is 163 Å². The monoisotopic (exact) mass is 386 g/mol. The lowest BCUT2D eigenvalue weighted by atomic mass is 10.2. The van der Waals surface area contributed by atoms with Crippen molar-refractivity contribution in [1.29, 1.82) is 0 Å². The molecule has 3 rings (SSSR count). The molecule has 0 fully saturated rings. The van der Waals surface area contributed by atoms with Gasteiger partial charge in [-0.2, -0.15) is 0 Å². The summed E-state index contributed by atoms with van der Waals surface area (Å²) < 4.78 is 10.8. The Kier molecular flexibility index (Phi) is 6.15. The summed E-state index contributed by atoms with van der Waals surface area (Å²) in [6.45, 7) is 1.19.